The molecule has 0 unspecified atom stereocenters. The Hall–Kier alpha value is -3.69. The number of halogens is 3. The Morgan fingerprint density at radius 2 is 1.85 bits per heavy atom. The topological polar surface area (TPSA) is 68.3 Å². The molecule has 4 rings (SSSR count). The lowest BCUT2D eigenvalue weighted by Gasteiger charge is -2.16. The highest BCUT2D eigenvalue weighted by Gasteiger charge is 2.36. The number of aryl methyl sites for hydroxylation is 1. The largest absolute Gasteiger partial charge is 0.433 e. The standard InChI is InChI=1S/C24H25F3N6O/c1-5-32-11-10-18(30-32)14-31(4)23(34)19-13-28-33-21(24(25,26)27)12-20(29-22(19)33)17-8-6-16(7-9-17)15(2)3/h6-13,15H,5,14H2,1-4H3. The van der Waals surface area contributed by atoms with Gasteiger partial charge in [-0.2, -0.15) is 23.4 Å². The number of amides is 1. The lowest BCUT2D eigenvalue weighted by atomic mass is 10.0. The minimum absolute atomic E-state index is 0.0106. The molecule has 0 saturated carbocycles. The van der Waals surface area contributed by atoms with Gasteiger partial charge in [0.25, 0.3) is 5.91 Å². The van der Waals surface area contributed by atoms with Gasteiger partial charge in [-0.05, 0) is 30.5 Å². The van der Waals surface area contributed by atoms with Crippen LogP contribution in [0.5, 0.6) is 0 Å². The molecule has 0 spiro atoms. The zero-order valence-electron chi connectivity index (χ0n) is 19.3. The number of aromatic nitrogens is 5. The number of carbonyl (C=O) groups is 1. The van der Waals surface area contributed by atoms with Crippen molar-refractivity contribution in [1.29, 1.82) is 0 Å². The molecule has 34 heavy (non-hydrogen) atoms. The SMILES string of the molecule is CCn1ccc(CN(C)C(=O)c2cnn3c(C(F)(F)F)cc(-c4ccc(C(C)C)cc4)nc23)n1. The van der Waals surface area contributed by atoms with E-state index < -0.39 is 17.8 Å². The number of fused-ring (bicyclic) bond motifs is 1. The fourth-order valence-electron chi connectivity index (χ4n) is 3.69. The van der Waals surface area contributed by atoms with Gasteiger partial charge in [0.2, 0.25) is 0 Å². The smallest absolute Gasteiger partial charge is 0.336 e. The second kappa shape index (κ2) is 8.92. The van der Waals surface area contributed by atoms with E-state index in [0.717, 1.165) is 17.8 Å². The number of rotatable bonds is 6. The molecule has 7 nitrogen and oxygen atoms in total. The molecule has 10 heteroatoms. The van der Waals surface area contributed by atoms with E-state index in [0.29, 0.717) is 22.3 Å². The lowest BCUT2D eigenvalue weighted by molar-refractivity contribution is -0.142. The summed E-state index contributed by atoms with van der Waals surface area (Å²) in [4.78, 5) is 18.9. The predicted octanol–water partition coefficient (Wildman–Crippen LogP) is 5.03. The molecule has 0 aliphatic heterocycles. The average Bonchev–Trinajstić information content (AvgIpc) is 3.44. The highest BCUT2D eigenvalue weighted by atomic mass is 19.4. The van der Waals surface area contributed by atoms with Gasteiger partial charge in [-0.25, -0.2) is 9.50 Å². The highest BCUT2D eigenvalue weighted by Crippen LogP contribution is 2.33. The van der Waals surface area contributed by atoms with Crippen molar-refractivity contribution in [3.8, 4) is 11.3 Å². The van der Waals surface area contributed by atoms with Crippen LogP contribution in [0.3, 0.4) is 0 Å². The maximum atomic E-state index is 13.9. The van der Waals surface area contributed by atoms with Crippen LogP contribution in [0, 0.1) is 0 Å². The number of carbonyl (C=O) groups excluding carboxylic acids is 1. The Morgan fingerprint density at radius 3 is 2.44 bits per heavy atom. The van der Waals surface area contributed by atoms with Crippen molar-refractivity contribution in [2.24, 2.45) is 0 Å². The molecule has 3 aromatic heterocycles. The molecule has 0 aliphatic rings. The van der Waals surface area contributed by atoms with Crippen molar-refractivity contribution in [1.82, 2.24) is 29.3 Å². The van der Waals surface area contributed by atoms with E-state index in [9.17, 15) is 18.0 Å². The van der Waals surface area contributed by atoms with Gasteiger partial charge in [0.15, 0.2) is 11.3 Å². The molecule has 1 aromatic carbocycles. The first-order valence-corrected chi connectivity index (χ1v) is 10.9. The van der Waals surface area contributed by atoms with Crippen LogP contribution >= 0.6 is 0 Å². The van der Waals surface area contributed by atoms with E-state index in [1.165, 1.54) is 4.90 Å². The van der Waals surface area contributed by atoms with Crippen LogP contribution in [-0.2, 0) is 19.3 Å². The maximum Gasteiger partial charge on any atom is 0.433 e. The Balaban J connectivity index is 1.76. The Kier molecular flexibility index (Phi) is 6.16. The summed E-state index contributed by atoms with van der Waals surface area (Å²) in [5.74, 6) is -0.206. The summed E-state index contributed by atoms with van der Waals surface area (Å²) >= 11 is 0. The van der Waals surface area contributed by atoms with E-state index >= 15 is 0 Å². The molecule has 0 aliphatic carbocycles. The normalized spacial score (nSPS) is 12.0. The van der Waals surface area contributed by atoms with Crippen molar-refractivity contribution in [3.63, 3.8) is 0 Å². The first kappa shape index (κ1) is 23.5. The average molecular weight is 470 g/mol. The summed E-state index contributed by atoms with van der Waals surface area (Å²) in [7, 11) is 1.57. The van der Waals surface area contributed by atoms with Crippen molar-refractivity contribution >= 4 is 11.6 Å². The van der Waals surface area contributed by atoms with Gasteiger partial charge in [-0.15, -0.1) is 0 Å². The molecule has 178 valence electrons. The first-order valence-electron chi connectivity index (χ1n) is 10.9. The number of hydrogen-bond acceptors (Lipinski definition) is 4. The van der Waals surface area contributed by atoms with Gasteiger partial charge < -0.3 is 4.90 Å². The second-order valence-corrected chi connectivity index (χ2v) is 8.42. The zero-order chi connectivity index (χ0) is 24.6. The van der Waals surface area contributed by atoms with E-state index in [2.05, 4.69) is 15.2 Å². The summed E-state index contributed by atoms with van der Waals surface area (Å²) < 4.78 is 44.1. The van der Waals surface area contributed by atoms with Crippen LogP contribution in [0.2, 0.25) is 0 Å². The van der Waals surface area contributed by atoms with Crippen LogP contribution in [0.1, 0.15) is 54.0 Å². The number of alkyl halides is 3. The third-order valence-electron chi connectivity index (χ3n) is 5.63. The fourth-order valence-corrected chi connectivity index (χ4v) is 3.69. The molecule has 0 bridgehead atoms. The molecule has 1 amide bonds. The van der Waals surface area contributed by atoms with Gasteiger partial charge in [-0.1, -0.05) is 38.1 Å². The molecular weight excluding hydrogens is 445 g/mol. The lowest BCUT2D eigenvalue weighted by Crippen LogP contribution is -2.26. The quantitative estimate of drug-likeness (QED) is 0.397. The summed E-state index contributed by atoms with van der Waals surface area (Å²) in [5, 5.41) is 8.20. The maximum absolute atomic E-state index is 13.9. The third kappa shape index (κ3) is 4.52. The minimum atomic E-state index is -4.68. The summed E-state index contributed by atoms with van der Waals surface area (Å²) in [5.41, 5.74) is 1.22. The van der Waals surface area contributed by atoms with Gasteiger partial charge in [0.05, 0.1) is 24.1 Å². The summed E-state index contributed by atoms with van der Waals surface area (Å²) in [6, 6.07) is 9.96. The number of nitrogens with zero attached hydrogens (tertiary/aromatic N) is 6. The fraction of sp³-hybridized carbons (Fsp3) is 0.333. The van der Waals surface area contributed by atoms with Crippen molar-refractivity contribution in [2.75, 3.05) is 7.05 Å². The molecule has 0 saturated heterocycles. The molecule has 0 N–H and O–H groups in total. The van der Waals surface area contributed by atoms with Gasteiger partial charge in [0.1, 0.15) is 5.56 Å². The van der Waals surface area contributed by atoms with Gasteiger partial charge in [0, 0.05) is 25.4 Å². The van der Waals surface area contributed by atoms with Crippen molar-refractivity contribution < 1.29 is 18.0 Å². The summed E-state index contributed by atoms with van der Waals surface area (Å²) in [6.07, 6.45) is -1.75. The molecule has 0 radical (unpaired) electrons. The molecule has 0 fully saturated rings. The molecular formula is C24H25F3N6O. The predicted molar refractivity (Wildman–Crippen MR) is 121 cm³/mol. The van der Waals surface area contributed by atoms with Crippen LogP contribution in [-0.4, -0.2) is 42.2 Å². The van der Waals surface area contributed by atoms with Crippen molar-refractivity contribution in [2.45, 2.75) is 46.0 Å². The van der Waals surface area contributed by atoms with E-state index in [1.807, 2.05) is 32.9 Å². The van der Waals surface area contributed by atoms with Gasteiger partial charge >= 0.3 is 6.18 Å². The zero-order valence-corrected chi connectivity index (χ0v) is 19.3. The van der Waals surface area contributed by atoms with Gasteiger partial charge in [-0.3, -0.25) is 9.48 Å². The highest BCUT2D eigenvalue weighted by molar-refractivity contribution is 5.99. The minimum Gasteiger partial charge on any atom is -0.336 e. The molecule has 3 heterocycles. The van der Waals surface area contributed by atoms with Crippen LogP contribution < -0.4 is 0 Å². The van der Waals surface area contributed by atoms with Crippen LogP contribution in [0.25, 0.3) is 16.9 Å². The Bertz CT molecular complexity index is 1320. The first-order chi connectivity index (χ1) is 16.1. The van der Waals surface area contributed by atoms with Crippen molar-refractivity contribution in [3.05, 3.63) is 71.3 Å². The third-order valence-corrected chi connectivity index (χ3v) is 5.63. The van der Waals surface area contributed by atoms with E-state index in [-0.39, 0.29) is 29.4 Å². The molecule has 0 atom stereocenters. The molecule has 4 aromatic rings. The van der Waals surface area contributed by atoms with E-state index in [4.69, 9.17) is 0 Å². The monoisotopic (exact) mass is 470 g/mol. The Morgan fingerprint density at radius 1 is 1.15 bits per heavy atom. The number of hydrogen-bond donors (Lipinski definition) is 0. The summed E-state index contributed by atoms with van der Waals surface area (Å²) in [6.45, 7) is 6.91. The van der Waals surface area contributed by atoms with Crippen LogP contribution in [0.4, 0.5) is 13.2 Å². The van der Waals surface area contributed by atoms with Crippen LogP contribution in [0.15, 0.2) is 48.8 Å². The van der Waals surface area contributed by atoms with E-state index in [1.54, 1.807) is 36.1 Å². The second-order valence-electron chi connectivity index (χ2n) is 8.42. The Labute approximate surface area is 194 Å². The number of benzene rings is 1.